The Morgan fingerprint density at radius 3 is 1.75 bits per heavy atom. The lowest BCUT2D eigenvalue weighted by molar-refractivity contribution is -0.128. The largest absolute Gasteiger partial charge is 0.443 e. The molecule has 0 radical (unpaired) electrons. The van der Waals surface area contributed by atoms with E-state index in [1.165, 1.54) is 9.13 Å². The van der Waals surface area contributed by atoms with E-state index in [4.69, 9.17) is 18.9 Å². The molecule has 52 heavy (non-hydrogen) atoms. The Morgan fingerprint density at radius 2 is 1.23 bits per heavy atom. The average molecular weight is 723 g/mol. The van der Waals surface area contributed by atoms with Crippen LogP contribution in [-0.4, -0.2) is 90.0 Å². The minimum absolute atomic E-state index is 0.00748. The maximum absolute atomic E-state index is 13.8. The fraction of sp³-hybridized carbons (Fsp3) is 0.487. The van der Waals surface area contributed by atoms with Crippen molar-refractivity contribution in [3.05, 3.63) is 71.0 Å². The minimum Gasteiger partial charge on any atom is -0.443 e. The molecule has 0 spiro atoms. The molecule has 0 aliphatic rings. The summed E-state index contributed by atoms with van der Waals surface area (Å²) < 4.78 is 36.9. The molecule has 0 saturated carbocycles. The number of amides is 2. The maximum atomic E-state index is 13.8. The van der Waals surface area contributed by atoms with Gasteiger partial charge < -0.3 is 29.6 Å². The molecule has 2 amide bonds. The first kappa shape index (κ1) is 40.0. The Balaban J connectivity index is 1.61. The van der Waals surface area contributed by atoms with Crippen LogP contribution >= 0.6 is 0 Å². The highest BCUT2D eigenvalue weighted by Crippen LogP contribution is 2.27. The van der Waals surface area contributed by atoms with Crippen molar-refractivity contribution < 1.29 is 42.5 Å². The van der Waals surface area contributed by atoms with Crippen molar-refractivity contribution in [1.82, 2.24) is 19.8 Å². The van der Waals surface area contributed by atoms with Crippen LogP contribution in [0.5, 0.6) is 0 Å². The molecule has 0 fully saturated rings. The van der Waals surface area contributed by atoms with Crippen LogP contribution < -0.4 is 10.6 Å². The number of hydrogen-bond donors (Lipinski definition) is 2. The van der Waals surface area contributed by atoms with Gasteiger partial charge in [0.2, 0.25) is 11.8 Å². The highest BCUT2D eigenvalue weighted by Gasteiger charge is 2.27. The fourth-order valence-corrected chi connectivity index (χ4v) is 5.65. The van der Waals surface area contributed by atoms with E-state index in [9.17, 15) is 23.6 Å². The first-order valence-electron chi connectivity index (χ1n) is 17.4. The second kappa shape index (κ2) is 17.2. The van der Waals surface area contributed by atoms with Crippen molar-refractivity contribution in [1.29, 1.82) is 0 Å². The number of carbonyl (C=O) groups excluding carboxylic acids is 4. The Hall–Kier alpha value is -4.75. The number of halogens is 1. The van der Waals surface area contributed by atoms with Gasteiger partial charge in [0.15, 0.2) is 0 Å². The van der Waals surface area contributed by atoms with E-state index < -0.39 is 47.9 Å². The number of hydrogen-bond acceptors (Lipinski definition) is 8. The summed E-state index contributed by atoms with van der Waals surface area (Å²) in [5, 5.41) is 7.19. The van der Waals surface area contributed by atoms with Crippen LogP contribution in [0.4, 0.5) is 14.0 Å². The molecule has 0 bridgehead atoms. The van der Waals surface area contributed by atoms with E-state index in [1.807, 2.05) is 50.2 Å². The molecule has 12 nitrogen and oxygen atoms in total. The summed E-state index contributed by atoms with van der Waals surface area (Å²) in [5.41, 5.74) is 2.87. The van der Waals surface area contributed by atoms with Gasteiger partial charge in [-0.05, 0) is 90.8 Å². The second-order valence-corrected chi connectivity index (χ2v) is 14.8. The molecule has 1 atom stereocenters. The summed E-state index contributed by atoms with van der Waals surface area (Å²) in [6.45, 7) is 14.7. The minimum atomic E-state index is -1.04. The zero-order chi connectivity index (χ0) is 38.2. The highest BCUT2D eigenvalue weighted by molar-refractivity contribution is 5.97. The number of alkyl halides is 1. The molecule has 2 aromatic carbocycles. The Morgan fingerprint density at radius 1 is 0.731 bits per heavy atom. The van der Waals surface area contributed by atoms with E-state index in [2.05, 4.69) is 10.6 Å². The van der Waals surface area contributed by atoms with Gasteiger partial charge in [-0.3, -0.25) is 18.7 Å². The van der Waals surface area contributed by atoms with Gasteiger partial charge >= 0.3 is 12.2 Å². The number of rotatable bonds is 14. The van der Waals surface area contributed by atoms with Gasteiger partial charge in [0.25, 0.3) is 0 Å². The molecule has 4 aromatic rings. The fourth-order valence-electron chi connectivity index (χ4n) is 5.65. The van der Waals surface area contributed by atoms with E-state index in [0.29, 0.717) is 27.5 Å². The van der Waals surface area contributed by atoms with Crippen molar-refractivity contribution in [3.8, 4) is 0 Å². The molecule has 0 saturated heterocycles. The summed E-state index contributed by atoms with van der Waals surface area (Å²) >= 11 is 0. The SMILES string of the molecule is Cc1ccc2c(c1)c(CC(=O)N[C@@H](Cc1cn(C(=O)OC(C)(C)C)c3ccc(C)cc13)C(=O)NCCOCCOCCF)cn2C(=O)OC(C)(C)C. The summed E-state index contributed by atoms with van der Waals surface area (Å²) in [7, 11) is 0. The molecular formula is C39H51FN4O8. The second-order valence-electron chi connectivity index (χ2n) is 14.8. The van der Waals surface area contributed by atoms with Gasteiger partial charge in [-0.25, -0.2) is 14.0 Å². The van der Waals surface area contributed by atoms with Crippen LogP contribution in [0.25, 0.3) is 21.8 Å². The lowest BCUT2D eigenvalue weighted by atomic mass is 10.0. The number of carbonyl (C=O) groups is 4. The predicted octanol–water partition coefficient (Wildman–Crippen LogP) is 6.17. The molecule has 2 aromatic heterocycles. The van der Waals surface area contributed by atoms with Crippen molar-refractivity contribution >= 4 is 45.8 Å². The number of nitrogens with one attached hydrogen (secondary N) is 2. The number of fused-ring (bicyclic) bond motifs is 2. The van der Waals surface area contributed by atoms with Crippen LogP contribution in [0.3, 0.4) is 0 Å². The summed E-state index contributed by atoms with van der Waals surface area (Å²) in [6, 6.07) is 10.2. The van der Waals surface area contributed by atoms with Gasteiger partial charge in [0, 0.05) is 36.1 Å². The molecule has 0 unspecified atom stereocenters. The summed E-state index contributed by atoms with van der Waals surface area (Å²) in [5.74, 6) is -0.901. The third kappa shape index (κ3) is 11.1. The monoisotopic (exact) mass is 722 g/mol. The standard InChI is InChI=1S/C39H51FN4O8/c1-25-9-11-32-29(19-25)27(23-43(32)36(47)51-38(3,4)5)21-31(35(46)41-14-16-50-18-17-49-15-13-40)42-34(45)22-28-24-44(37(48)52-39(6,7)8)33-12-10-26(2)20-30(28)33/h9-12,19-20,23-24,31H,13-18,21-22H2,1-8H3,(H,41,46)(H,42,45)/t31-/m0/s1. The third-order valence-electron chi connectivity index (χ3n) is 7.83. The van der Waals surface area contributed by atoms with Crippen molar-refractivity contribution in [2.45, 2.75) is 85.5 Å². The number of aromatic nitrogens is 2. The zero-order valence-corrected chi connectivity index (χ0v) is 31.4. The summed E-state index contributed by atoms with van der Waals surface area (Å²) in [4.78, 5) is 53.8. The van der Waals surface area contributed by atoms with E-state index in [-0.39, 0.29) is 45.8 Å². The first-order valence-corrected chi connectivity index (χ1v) is 17.4. The number of benzene rings is 2. The summed E-state index contributed by atoms with van der Waals surface area (Å²) in [6.07, 6.45) is 2.03. The van der Waals surface area contributed by atoms with Crippen molar-refractivity contribution in [3.63, 3.8) is 0 Å². The van der Waals surface area contributed by atoms with Gasteiger partial charge in [0.1, 0.15) is 23.9 Å². The lowest BCUT2D eigenvalue weighted by Crippen LogP contribution is -2.49. The molecule has 282 valence electrons. The van der Waals surface area contributed by atoms with Gasteiger partial charge in [-0.2, -0.15) is 0 Å². The Labute approximate surface area is 303 Å². The predicted molar refractivity (Wildman–Crippen MR) is 197 cm³/mol. The molecule has 13 heteroatoms. The highest BCUT2D eigenvalue weighted by atomic mass is 19.1. The molecule has 2 N–H and O–H groups in total. The average Bonchev–Trinajstić information content (AvgIpc) is 3.57. The Kier molecular flexibility index (Phi) is 13.2. The number of aryl methyl sites for hydroxylation is 2. The van der Waals surface area contributed by atoms with Crippen LogP contribution in [0, 0.1) is 13.8 Å². The number of nitrogens with zero attached hydrogens (tertiary/aromatic N) is 2. The van der Waals surface area contributed by atoms with E-state index in [1.54, 1.807) is 53.9 Å². The lowest BCUT2D eigenvalue weighted by Gasteiger charge is -2.20. The third-order valence-corrected chi connectivity index (χ3v) is 7.83. The van der Waals surface area contributed by atoms with Crippen LogP contribution in [0.15, 0.2) is 48.8 Å². The van der Waals surface area contributed by atoms with Gasteiger partial charge in [0.05, 0.1) is 43.9 Å². The van der Waals surface area contributed by atoms with Gasteiger partial charge in [-0.15, -0.1) is 0 Å². The zero-order valence-electron chi connectivity index (χ0n) is 31.4. The first-order chi connectivity index (χ1) is 24.5. The topological polar surface area (TPSA) is 139 Å². The molecular weight excluding hydrogens is 671 g/mol. The molecule has 4 rings (SSSR count). The molecule has 2 heterocycles. The van der Waals surface area contributed by atoms with E-state index >= 15 is 0 Å². The van der Waals surface area contributed by atoms with Crippen LogP contribution in [0.1, 0.15) is 63.8 Å². The maximum Gasteiger partial charge on any atom is 0.419 e. The normalized spacial score (nSPS) is 12.6. The Bertz CT molecular complexity index is 1900. The van der Waals surface area contributed by atoms with Crippen LogP contribution in [-0.2, 0) is 41.4 Å². The van der Waals surface area contributed by atoms with Crippen molar-refractivity contribution in [2.24, 2.45) is 0 Å². The van der Waals surface area contributed by atoms with Crippen molar-refractivity contribution in [2.75, 3.05) is 39.6 Å². The molecule has 0 aliphatic carbocycles. The van der Waals surface area contributed by atoms with Crippen LogP contribution in [0.2, 0.25) is 0 Å². The smallest absolute Gasteiger partial charge is 0.419 e. The number of ether oxygens (including phenoxy) is 4. The van der Waals surface area contributed by atoms with Gasteiger partial charge in [-0.1, -0.05) is 23.3 Å². The molecule has 0 aliphatic heterocycles. The quantitative estimate of drug-likeness (QED) is 0.148. The van der Waals surface area contributed by atoms with E-state index in [0.717, 1.165) is 16.5 Å².